The average molecular weight is 338 g/mol. The molecule has 0 saturated heterocycles. The van der Waals surface area contributed by atoms with Gasteiger partial charge in [-0.15, -0.1) is 0 Å². The van der Waals surface area contributed by atoms with Crippen molar-refractivity contribution in [3.05, 3.63) is 64.4 Å². The minimum Gasteiger partial charge on any atom is -0.452 e. The molecule has 0 aromatic heterocycles. The number of ether oxygens (including phenoxy) is 3. The number of carbonyl (C=O) groups is 2. The first-order chi connectivity index (χ1) is 12.0. The second kappa shape index (κ2) is 6.91. The molecule has 0 atom stereocenters. The van der Waals surface area contributed by atoms with Crippen molar-refractivity contribution in [1.29, 1.82) is 0 Å². The number of hydrogen-bond acceptors (Lipinski definition) is 5. The van der Waals surface area contributed by atoms with Gasteiger partial charge in [0, 0.05) is 13.2 Å². The lowest BCUT2D eigenvalue weighted by Crippen LogP contribution is -2.14. The van der Waals surface area contributed by atoms with Crippen LogP contribution in [0.1, 0.15) is 27.0 Å². The molecule has 0 saturated carbocycles. The summed E-state index contributed by atoms with van der Waals surface area (Å²) in [4.78, 5) is 24.2. The summed E-state index contributed by atoms with van der Waals surface area (Å²) in [6, 6.07) is 11.0. The predicted molar refractivity (Wildman–Crippen MR) is 92.8 cm³/mol. The van der Waals surface area contributed by atoms with Crippen LogP contribution in [0.15, 0.2) is 42.2 Å². The SMILES string of the molecule is COCC(=O)Oc1cc(C)c2c(c1)O/C(=C\c1ccc(C)cc1)C2=O. The zero-order chi connectivity index (χ0) is 18.0. The zero-order valence-corrected chi connectivity index (χ0v) is 14.3. The number of allylic oxidation sites excluding steroid dienone is 1. The van der Waals surface area contributed by atoms with Crippen LogP contribution in [0, 0.1) is 13.8 Å². The Hall–Kier alpha value is -2.92. The molecule has 5 heteroatoms. The fourth-order valence-corrected chi connectivity index (χ4v) is 2.63. The van der Waals surface area contributed by atoms with Crippen molar-refractivity contribution in [1.82, 2.24) is 0 Å². The molecule has 0 aliphatic carbocycles. The van der Waals surface area contributed by atoms with Gasteiger partial charge in [0.2, 0.25) is 5.78 Å². The molecule has 1 aliphatic rings. The van der Waals surface area contributed by atoms with E-state index in [1.54, 1.807) is 25.1 Å². The highest BCUT2D eigenvalue weighted by Crippen LogP contribution is 2.37. The molecule has 0 fully saturated rings. The third-order valence-corrected chi connectivity index (χ3v) is 3.81. The summed E-state index contributed by atoms with van der Waals surface area (Å²) in [6.07, 6.45) is 1.71. The Kier molecular flexibility index (Phi) is 4.67. The van der Waals surface area contributed by atoms with E-state index in [0.717, 1.165) is 11.1 Å². The molecule has 1 aliphatic heterocycles. The summed E-state index contributed by atoms with van der Waals surface area (Å²) in [6.45, 7) is 3.64. The number of fused-ring (bicyclic) bond motifs is 1. The van der Waals surface area contributed by atoms with Gasteiger partial charge in [0.25, 0.3) is 0 Å². The van der Waals surface area contributed by atoms with Crippen LogP contribution in [0.3, 0.4) is 0 Å². The van der Waals surface area contributed by atoms with E-state index in [1.165, 1.54) is 7.11 Å². The standard InChI is InChI=1S/C20H18O5/c1-12-4-6-14(7-5-12)9-17-20(22)19-13(2)8-15(10-16(19)25-17)24-18(21)11-23-3/h4-10H,11H2,1-3H3/b17-9-. The van der Waals surface area contributed by atoms with Gasteiger partial charge in [-0.3, -0.25) is 4.79 Å². The fraction of sp³-hybridized carbons (Fsp3) is 0.200. The highest BCUT2D eigenvalue weighted by molar-refractivity contribution is 6.15. The van der Waals surface area contributed by atoms with E-state index >= 15 is 0 Å². The number of methoxy groups -OCH3 is 1. The Labute approximate surface area is 145 Å². The van der Waals surface area contributed by atoms with E-state index in [-0.39, 0.29) is 18.1 Å². The van der Waals surface area contributed by atoms with Gasteiger partial charge in [0.15, 0.2) is 5.76 Å². The van der Waals surface area contributed by atoms with Crippen molar-refractivity contribution in [2.24, 2.45) is 0 Å². The van der Waals surface area contributed by atoms with E-state index in [9.17, 15) is 9.59 Å². The van der Waals surface area contributed by atoms with Crippen LogP contribution < -0.4 is 9.47 Å². The van der Waals surface area contributed by atoms with E-state index in [1.807, 2.05) is 31.2 Å². The summed E-state index contributed by atoms with van der Waals surface area (Å²) in [5.41, 5.74) is 3.20. The van der Waals surface area contributed by atoms with Crippen LogP contribution in [0.4, 0.5) is 0 Å². The zero-order valence-electron chi connectivity index (χ0n) is 14.3. The van der Waals surface area contributed by atoms with E-state index < -0.39 is 5.97 Å². The lowest BCUT2D eigenvalue weighted by molar-refractivity contribution is -0.138. The molecule has 0 radical (unpaired) electrons. The van der Waals surface area contributed by atoms with E-state index in [4.69, 9.17) is 14.2 Å². The number of hydrogen-bond donors (Lipinski definition) is 0. The number of aryl methyl sites for hydroxylation is 2. The van der Waals surface area contributed by atoms with Gasteiger partial charge < -0.3 is 14.2 Å². The average Bonchev–Trinajstić information content (AvgIpc) is 2.86. The topological polar surface area (TPSA) is 61.8 Å². The number of esters is 1. The first-order valence-electron chi connectivity index (χ1n) is 7.83. The third-order valence-electron chi connectivity index (χ3n) is 3.81. The second-order valence-corrected chi connectivity index (χ2v) is 5.87. The Bertz CT molecular complexity index is 862. The van der Waals surface area contributed by atoms with Crippen LogP contribution in [0.25, 0.3) is 6.08 Å². The first kappa shape index (κ1) is 16.9. The number of rotatable bonds is 4. The van der Waals surface area contributed by atoms with Gasteiger partial charge in [-0.25, -0.2) is 4.79 Å². The number of benzene rings is 2. The molecular weight excluding hydrogens is 320 g/mol. The minimum atomic E-state index is -0.512. The molecule has 2 aromatic carbocycles. The van der Waals surface area contributed by atoms with Gasteiger partial charge >= 0.3 is 5.97 Å². The van der Waals surface area contributed by atoms with Crippen molar-refractivity contribution in [2.45, 2.75) is 13.8 Å². The predicted octanol–water partition coefficient (Wildman–Crippen LogP) is 3.47. The molecule has 128 valence electrons. The Morgan fingerprint density at radius 1 is 1.16 bits per heavy atom. The molecule has 1 heterocycles. The normalized spacial score (nSPS) is 14.4. The van der Waals surface area contributed by atoms with Crippen LogP contribution >= 0.6 is 0 Å². The number of Topliss-reactive ketones (excluding diaryl/α,β-unsaturated/α-hetero) is 1. The molecule has 0 bridgehead atoms. The molecular formula is C20H18O5. The summed E-state index contributed by atoms with van der Waals surface area (Å²) < 4.78 is 15.6. The van der Waals surface area contributed by atoms with E-state index in [0.29, 0.717) is 22.6 Å². The van der Waals surface area contributed by atoms with Gasteiger partial charge in [-0.1, -0.05) is 29.8 Å². The Morgan fingerprint density at radius 3 is 2.56 bits per heavy atom. The lowest BCUT2D eigenvalue weighted by atomic mass is 10.0. The van der Waals surface area contributed by atoms with Gasteiger partial charge in [-0.2, -0.15) is 0 Å². The second-order valence-electron chi connectivity index (χ2n) is 5.87. The van der Waals surface area contributed by atoms with Crippen LogP contribution in [-0.4, -0.2) is 25.5 Å². The molecule has 3 rings (SSSR count). The molecule has 5 nitrogen and oxygen atoms in total. The molecule has 0 unspecified atom stereocenters. The quantitative estimate of drug-likeness (QED) is 0.485. The fourth-order valence-electron chi connectivity index (χ4n) is 2.63. The lowest BCUT2D eigenvalue weighted by Gasteiger charge is -2.07. The van der Waals surface area contributed by atoms with Crippen LogP contribution in [-0.2, 0) is 9.53 Å². The highest BCUT2D eigenvalue weighted by atomic mass is 16.6. The van der Waals surface area contributed by atoms with Crippen LogP contribution in [0.2, 0.25) is 0 Å². The Morgan fingerprint density at radius 2 is 1.88 bits per heavy atom. The molecule has 25 heavy (non-hydrogen) atoms. The van der Waals surface area contributed by atoms with E-state index in [2.05, 4.69) is 0 Å². The molecule has 2 aromatic rings. The molecule has 0 amide bonds. The number of carbonyl (C=O) groups excluding carboxylic acids is 2. The summed E-state index contributed by atoms with van der Waals surface area (Å²) >= 11 is 0. The maximum atomic E-state index is 12.6. The molecule has 0 N–H and O–H groups in total. The summed E-state index contributed by atoms with van der Waals surface area (Å²) in [5.74, 6) is 0.276. The van der Waals surface area contributed by atoms with Crippen molar-refractivity contribution in [2.75, 3.05) is 13.7 Å². The first-order valence-corrected chi connectivity index (χ1v) is 7.83. The van der Waals surface area contributed by atoms with Crippen molar-refractivity contribution in [3.63, 3.8) is 0 Å². The monoisotopic (exact) mass is 338 g/mol. The minimum absolute atomic E-state index is 0.144. The van der Waals surface area contributed by atoms with Crippen molar-refractivity contribution in [3.8, 4) is 11.5 Å². The smallest absolute Gasteiger partial charge is 0.337 e. The van der Waals surface area contributed by atoms with Gasteiger partial charge in [0.1, 0.15) is 18.1 Å². The van der Waals surface area contributed by atoms with Crippen molar-refractivity contribution >= 4 is 17.8 Å². The molecule has 0 spiro atoms. The summed E-state index contributed by atoms with van der Waals surface area (Å²) in [7, 11) is 1.42. The van der Waals surface area contributed by atoms with Crippen molar-refractivity contribution < 1.29 is 23.8 Å². The maximum absolute atomic E-state index is 12.6. The largest absolute Gasteiger partial charge is 0.452 e. The van der Waals surface area contributed by atoms with Gasteiger partial charge in [0.05, 0.1) is 5.56 Å². The third kappa shape index (κ3) is 3.61. The highest BCUT2D eigenvalue weighted by Gasteiger charge is 2.30. The number of ketones is 1. The van der Waals surface area contributed by atoms with Gasteiger partial charge in [-0.05, 0) is 37.1 Å². The maximum Gasteiger partial charge on any atom is 0.337 e. The summed E-state index contributed by atoms with van der Waals surface area (Å²) in [5, 5.41) is 0. The Balaban J connectivity index is 1.89. The van der Waals surface area contributed by atoms with Crippen LogP contribution in [0.5, 0.6) is 11.5 Å².